The van der Waals surface area contributed by atoms with Crippen LogP contribution in [-0.2, 0) is 27.2 Å². The molecule has 0 aliphatic carbocycles. The lowest BCUT2D eigenvalue weighted by molar-refractivity contribution is -0.142. The van der Waals surface area contributed by atoms with E-state index in [1.165, 1.54) is 30.5 Å². The predicted octanol–water partition coefficient (Wildman–Crippen LogP) is 3.72. The zero-order valence-electron chi connectivity index (χ0n) is 17.2. The van der Waals surface area contributed by atoms with Gasteiger partial charge in [0.2, 0.25) is 11.7 Å². The second-order valence-electron chi connectivity index (χ2n) is 6.80. The number of hydrogen-bond acceptors (Lipinski definition) is 7. The summed E-state index contributed by atoms with van der Waals surface area (Å²) >= 11 is 1.28. The molecule has 2 aromatic heterocycles. The number of oxazole rings is 1. The van der Waals surface area contributed by atoms with Crippen molar-refractivity contribution in [2.45, 2.75) is 26.2 Å². The average Bonchev–Trinajstić information content (AvgIpc) is 3.40. The van der Waals surface area contributed by atoms with E-state index in [1.54, 1.807) is 12.1 Å². The summed E-state index contributed by atoms with van der Waals surface area (Å²) in [5.41, 5.74) is -0.327. The Balaban J connectivity index is 1.45. The normalized spacial score (nSPS) is 10.7. The smallest absolute Gasteiger partial charge is 0.306 e. The molecule has 3 rings (SSSR count). The van der Waals surface area contributed by atoms with Gasteiger partial charge in [0.25, 0.3) is 0 Å². The lowest BCUT2D eigenvalue weighted by Gasteiger charge is -2.03. The Hall–Kier alpha value is -3.40. The molecular formula is C22H20F2N2O5S. The van der Waals surface area contributed by atoms with Gasteiger partial charge in [-0.25, -0.2) is 13.8 Å². The number of carbonyl (C=O) groups is 3. The number of nitrogens with one attached hydrogen (secondary N) is 1. The van der Waals surface area contributed by atoms with Gasteiger partial charge in [0.15, 0.2) is 18.3 Å². The monoisotopic (exact) mass is 462 g/mol. The first kappa shape index (κ1) is 23.3. The molecule has 0 saturated carbocycles. The standard InChI is InChI=1S/C22H20F2N2O5S/c1-13(27)25-10-9-14-5-6-19(32-14)17(28)12-30-21(29)8-7-20-26-11-18(31-20)22-15(23)3-2-4-16(22)24/h2-6,11H,7-10,12H2,1H3,(H,25,27). The van der Waals surface area contributed by atoms with Gasteiger partial charge in [-0.05, 0) is 30.7 Å². The van der Waals surface area contributed by atoms with Crippen molar-refractivity contribution < 1.29 is 32.3 Å². The van der Waals surface area contributed by atoms with Gasteiger partial charge in [-0.1, -0.05) is 6.07 Å². The van der Waals surface area contributed by atoms with Gasteiger partial charge in [-0.3, -0.25) is 14.4 Å². The summed E-state index contributed by atoms with van der Waals surface area (Å²) in [5, 5.41) is 2.68. The number of Topliss-reactive ketones (excluding diaryl/α,β-unsaturated/α-hetero) is 1. The minimum Gasteiger partial charge on any atom is -0.457 e. The van der Waals surface area contributed by atoms with Crippen LogP contribution in [0.25, 0.3) is 11.3 Å². The van der Waals surface area contributed by atoms with Gasteiger partial charge >= 0.3 is 5.97 Å². The summed E-state index contributed by atoms with van der Waals surface area (Å²) in [6, 6.07) is 6.90. The van der Waals surface area contributed by atoms with Gasteiger partial charge in [0.05, 0.1) is 23.1 Å². The number of halogens is 2. The number of rotatable bonds is 10. The largest absolute Gasteiger partial charge is 0.457 e. The van der Waals surface area contributed by atoms with Crippen LogP contribution in [-0.4, -0.2) is 35.8 Å². The first-order chi connectivity index (χ1) is 15.3. The van der Waals surface area contributed by atoms with Crippen molar-refractivity contribution in [1.29, 1.82) is 0 Å². The maximum absolute atomic E-state index is 13.8. The van der Waals surface area contributed by atoms with Crippen molar-refractivity contribution in [3.63, 3.8) is 0 Å². The van der Waals surface area contributed by atoms with Crippen LogP contribution < -0.4 is 5.32 Å². The molecule has 0 radical (unpaired) electrons. The highest BCUT2D eigenvalue weighted by Crippen LogP contribution is 2.26. The highest BCUT2D eigenvalue weighted by Gasteiger charge is 2.17. The number of aryl methyl sites for hydroxylation is 1. The molecule has 0 saturated heterocycles. The van der Waals surface area contributed by atoms with Crippen molar-refractivity contribution in [2.24, 2.45) is 0 Å². The SMILES string of the molecule is CC(=O)NCCc1ccc(C(=O)COC(=O)CCc2ncc(-c3c(F)cccc3F)o2)s1. The molecule has 0 bridgehead atoms. The molecule has 32 heavy (non-hydrogen) atoms. The van der Waals surface area contributed by atoms with Gasteiger partial charge in [-0.2, -0.15) is 0 Å². The first-order valence-electron chi connectivity index (χ1n) is 9.74. The van der Waals surface area contributed by atoms with E-state index in [9.17, 15) is 23.2 Å². The summed E-state index contributed by atoms with van der Waals surface area (Å²) in [6.45, 7) is 1.51. The lowest BCUT2D eigenvalue weighted by Crippen LogP contribution is -2.22. The second kappa shape index (κ2) is 10.8. The molecule has 7 nitrogen and oxygen atoms in total. The fraction of sp³-hybridized carbons (Fsp3) is 0.273. The van der Waals surface area contributed by atoms with Gasteiger partial charge in [0, 0.05) is 24.8 Å². The third-order valence-corrected chi connectivity index (χ3v) is 5.54. The van der Waals surface area contributed by atoms with Crippen LogP contribution in [0.15, 0.2) is 40.9 Å². The van der Waals surface area contributed by atoms with Crippen LogP contribution in [0.2, 0.25) is 0 Å². The molecule has 1 aromatic carbocycles. The van der Waals surface area contributed by atoms with E-state index in [2.05, 4.69) is 10.3 Å². The molecular weight excluding hydrogens is 442 g/mol. The van der Waals surface area contributed by atoms with E-state index in [1.807, 2.05) is 0 Å². The predicted molar refractivity (Wildman–Crippen MR) is 112 cm³/mol. The Labute approximate surface area is 186 Å². The Kier molecular flexibility index (Phi) is 7.82. The van der Waals surface area contributed by atoms with Crippen molar-refractivity contribution in [2.75, 3.05) is 13.2 Å². The van der Waals surface area contributed by atoms with E-state index >= 15 is 0 Å². The highest BCUT2D eigenvalue weighted by molar-refractivity contribution is 7.14. The van der Waals surface area contributed by atoms with E-state index in [4.69, 9.17) is 9.15 Å². The minimum atomic E-state index is -0.780. The van der Waals surface area contributed by atoms with Crippen LogP contribution in [0.1, 0.15) is 33.8 Å². The number of aromatic nitrogens is 1. The molecule has 3 aromatic rings. The highest BCUT2D eigenvalue weighted by atomic mass is 32.1. The first-order valence-corrected chi connectivity index (χ1v) is 10.6. The Morgan fingerprint density at radius 2 is 1.88 bits per heavy atom. The number of benzene rings is 1. The number of hydrogen-bond donors (Lipinski definition) is 1. The number of thiophene rings is 1. The van der Waals surface area contributed by atoms with Crippen molar-refractivity contribution in [3.8, 4) is 11.3 Å². The second-order valence-corrected chi connectivity index (χ2v) is 7.97. The summed E-state index contributed by atoms with van der Waals surface area (Å²) in [6.07, 6.45) is 1.73. The van der Waals surface area contributed by atoms with Gasteiger partial charge < -0.3 is 14.5 Å². The van der Waals surface area contributed by atoms with E-state index < -0.39 is 24.2 Å². The molecule has 2 heterocycles. The van der Waals surface area contributed by atoms with Crippen LogP contribution >= 0.6 is 11.3 Å². The maximum Gasteiger partial charge on any atom is 0.306 e. The van der Waals surface area contributed by atoms with Crippen LogP contribution in [0.5, 0.6) is 0 Å². The summed E-state index contributed by atoms with van der Waals surface area (Å²) in [7, 11) is 0. The molecule has 0 fully saturated rings. The fourth-order valence-electron chi connectivity index (χ4n) is 2.80. The van der Waals surface area contributed by atoms with Gasteiger partial charge in [-0.15, -0.1) is 11.3 Å². The van der Waals surface area contributed by atoms with Crippen LogP contribution in [0.4, 0.5) is 8.78 Å². The molecule has 0 aliphatic heterocycles. The Morgan fingerprint density at radius 3 is 2.59 bits per heavy atom. The molecule has 1 amide bonds. The van der Waals surface area contributed by atoms with E-state index in [-0.39, 0.29) is 41.7 Å². The summed E-state index contributed by atoms with van der Waals surface area (Å²) in [4.78, 5) is 40.4. The van der Waals surface area contributed by atoms with Gasteiger partial charge in [0.1, 0.15) is 11.6 Å². The van der Waals surface area contributed by atoms with Crippen molar-refractivity contribution in [3.05, 3.63) is 63.8 Å². The molecule has 0 spiro atoms. The van der Waals surface area contributed by atoms with Crippen molar-refractivity contribution >= 4 is 29.0 Å². The average molecular weight is 462 g/mol. The van der Waals surface area contributed by atoms with E-state index in [0.29, 0.717) is 17.8 Å². The van der Waals surface area contributed by atoms with Crippen LogP contribution in [0.3, 0.4) is 0 Å². The van der Waals surface area contributed by atoms with E-state index in [0.717, 1.165) is 17.0 Å². The third kappa shape index (κ3) is 6.30. The summed E-state index contributed by atoms with van der Waals surface area (Å²) in [5.74, 6) is -2.60. The zero-order chi connectivity index (χ0) is 23.1. The number of esters is 1. The number of ketones is 1. The zero-order valence-corrected chi connectivity index (χ0v) is 18.0. The molecule has 10 heteroatoms. The minimum absolute atomic E-state index is 0.0510. The number of nitrogens with zero attached hydrogens (tertiary/aromatic N) is 1. The fourth-order valence-corrected chi connectivity index (χ4v) is 3.73. The Bertz CT molecular complexity index is 1100. The maximum atomic E-state index is 13.8. The molecule has 0 atom stereocenters. The third-order valence-electron chi connectivity index (χ3n) is 4.35. The lowest BCUT2D eigenvalue weighted by atomic mass is 10.1. The van der Waals surface area contributed by atoms with Crippen LogP contribution in [0, 0.1) is 11.6 Å². The quantitative estimate of drug-likeness (QED) is 0.364. The number of ether oxygens (including phenoxy) is 1. The molecule has 0 unspecified atom stereocenters. The molecule has 168 valence electrons. The van der Waals surface area contributed by atoms with Crippen molar-refractivity contribution in [1.82, 2.24) is 10.3 Å². The number of carbonyl (C=O) groups excluding carboxylic acids is 3. The number of amides is 1. The topological polar surface area (TPSA) is 98.5 Å². The molecule has 1 N–H and O–H groups in total. The summed E-state index contributed by atoms with van der Waals surface area (Å²) < 4.78 is 38.0. The Morgan fingerprint density at radius 1 is 1.12 bits per heavy atom. The molecule has 0 aliphatic rings.